The first kappa shape index (κ1) is 13.9. The first-order valence-electron chi connectivity index (χ1n) is 6.32. The van der Waals surface area contributed by atoms with E-state index in [4.69, 9.17) is 4.74 Å². The van der Waals surface area contributed by atoms with Crippen molar-refractivity contribution in [3.05, 3.63) is 34.9 Å². The molecule has 0 amide bonds. The molecule has 0 saturated carbocycles. The van der Waals surface area contributed by atoms with Crippen LogP contribution in [0, 0.1) is 6.92 Å². The van der Waals surface area contributed by atoms with E-state index in [9.17, 15) is 4.79 Å². The van der Waals surface area contributed by atoms with E-state index >= 15 is 0 Å². The molecule has 0 bridgehead atoms. The molecule has 1 aromatic carbocycles. The number of aryl methyl sites for hydroxylation is 1. The fourth-order valence-corrected chi connectivity index (χ4v) is 1.75. The van der Waals surface area contributed by atoms with Crippen LogP contribution in [0.4, 0.5) is 0 Å². The van der Waals surface area contributed by atoms with Crippen molar-refractivity contribution >= 4 is 5.78 Å². The van der Waals surface area contributed by atoms with Crippen LogP contribution in [0.5, 0.6) is 0 Å². The lowest BCUT2D eigenvalue weighted by Gasteiger charge is -2.06. The van der Waals surface area contributed by atoms with Gasteiger partial charge in [0.1, 0.15) is 0 Å². The molecule has 0 spiro atoms. The topological polar surface area (TPSA) is 26.3 Å². The Labute approximate surface area is 104 Å². The number of ether oxygens (including phenoxy) is 1. The van der Waals surface area contributed by atoms with E-state index in [1.807, 2.05) is 19.1 Å². The van der Waals surface area contributed by atoms with Gasteiger partial charge in [-0.05, 0) is 44.4 Å². The van der Waals surface area contributed by atoms with E-state index in [-0.39, 0.29) is 5.78 Å². The minimum absolute atomic E-state index is 0.127. The largest absolute Gasteiger partial charge is 0.381 e. The Morgan fingerprint density at radius 2 is 2.00 bits per heavy atom. The second-order valence-corrected chi connectivity index (χ2v) is 4.48. The van der Waals surface area contributed by atoms with E-state index < -0.39 is 0 Å². The number of benzene rings is 1. The second-order valence-electron chi connectivity index (χ2n) is 4.48. The molecule has 0 aliphatic heterocycles. The molecule has 0 unspecified atom stereocenters. The molecule has 0 N–H and O–H groups in total. The van der Waals surface area contributed by atoms with Gasteiger partial charge in [0.05, 0.1) is 6.61 Å². The highest BCUT2D eigenvalue weighted by Gasteiger charge is 2.02. The first-order valence-corrected chi connectivity index (χ1v) is 6.32. The zero-order valence-electron chi connectivity index (χ0n) is 11.1. The van der Waals surface area contributed by atoms with Crippen molar-refractivity contribution < 1.29 is 9.53 Å². The van der Waals surface area contributed by atoms with Crippen LogP contribution in [0.3, 0.4) is 0 Å². The Kier molecular flexibility index (Phi) is 5.92. The van der Waals surface area contributed by atoms with Crippen molar-refractivity contribution in [1.29, 1.82) is 0 Å². The molecule has 0 saturated heterocycles. The summed E-state index contributed by atoms with van der Waals surface area (Å²) in [7, 11) is 0. The normalized spacial score (nSPS) is 10.5. The predicted molar refractivity (Wildman–Crippen MR) is 70.6 cm³/mol. The number of hydrogen-bond donors (Lipinski definition) is 0. The summed E-state index contributed by atoms with van der Waals surface area (Å²) >= 11 is 0. The van der Waals surface area contributed by atoms with Crippen LogP contribution < -0.4 is 0 Å². The summed E-state index contributed by atoms with van der Waals surface area (Å²) in [5.41, 5.74) is 3.13. The van der Waals surface area contributed by atoms with E-state index in [1.165, 1.54) is 12.0 Å². The molecule has 0 fully saturated rings. The number of carbonyl (C=O) groups is 1. The van der Waals surface area contributed by atoms with Gasteiger partial charge in [-0.3, -0.25) is 4.79 Å². The minimum atomic E-state index is 0.127. The lowest BCUT2D eigenvalue weighted by atomic mass is 10.0. The summed E-state index contributed by atoms with van der Waals surface area (Å²) in [5, 5.41) is 0. The van der Waals surface area contributed by atoms with Crippen LogP contribution >= 0.6 is 0 Å². The van der Waals surface area contributed by atoms with Gasteiger partial charge >= 0.3 is 0 Å². The van der Waals surface area contributed by atoms with Crippen molar-refractivity contribution in [3.63, 3.8) is 0 Å². The maximum Gasteiger partial charge on any atom is 0.159 e. The standard InChI is InChI=1S/C15H22O2/c1-4-5-7-17-8-6-14-9-12(2)10-15(11-14)13(3)16/h9-11H,4-8H2,1-3H3. The van der Waals surface area contributed by atoms with Crippen LogP contribution in [0.2, 0.25) is 0 Å². The van der Waals surface area contributed by atoms with E-state index in [0.717, 1.165) is 37.2 Å². The van der Waals surface area contributed by atoms with Gasteiger partial charge in [-0.25, -0.2) is 0 Å². The van der Waals surface area contributed by atoms with E-state index in [1.54, 1.807) is 6.92 Å². The lowest BCUT2D eigenvalue weighted by molar-refractivity contribution is 0.101. The quantitative estimate of drug-likeness (QED) is 0.532. The third-order valence-electron chi connectivity index (χ3n) is 2.72. The van der Waals surface area contributed by atoms with Gasteiger partial charge in [-0.1, -0.05) is 25.0 Å². The Bertz CT molecular complexity index is 369. The van der Waals surface area contributed by atoms with E-state index in [2.05, 4.69) is 13.0 Å². The fourth-order valence-electron chi connectivity index (χ4n) is 1.75. The predicted octanol–water partition coefficient (Wildman–Crippen LogP) is 3.56. The average Bonchev–Trinajstić information content (AvgIpc) is 2.28. The molecule has 0 atom stereocenters. The Morgan fingerprint density at radius 1 is 1.24 bits per heavy atom. The van der Waals surface area contributed by atoms with Crippen LogP contribution in [0.15, 0.2) is 18.2 Å². The van der Waals surface area contributed by atoms with Gasteiger partial charge in [-0.15, -0.1) is 0 Å². The molecule has 0 aliphatic carbocycles. The monoisotopic (exact) mass is 234 g/mol. The highest BCUT2D eigenvalue weighted by atomic mass is 16.5. The van der Waals surface area contributed by atoms with E-state index in [0.29, 0.717) is 0 Å². The second kappa shape index (κ2) is 7.23. The van der Waals surface area contributed by atoms with Gasteiger partial charge in [0.25, 0.3) is 0 Å². The Morgan fingerprint density at radius 3 is 2.65 bits per heavy atom. The SMILES string of the molecule is CCCCOCCc1cc(C)cc(C(C)=O)c1. The molecule has 17 heavy (non-hydrogen) atoms. The molecule has 0 heterocycles. The summed E-state index contributed by atoms with van der Waals surface area (Å²) in [6.07, 6.45) is 3.16. The fraction of sp³-hybridized carbons (Fsp3) is 0.533. The number of unbranched alkanes of at least 4 members (excludes halogenated alkanes) is 1. The molecule has 0 radical (unpaired) electrons. The molecule has 0 aliphatic rings. The number of carbonyl (C=O) groups excluding carboxylic acids is 1. The number of ketones is 1. The first-order chi connectivity index (χ1) is 8.13. The summed E-state index contributed by atoms with van der Waals surface area (Å²) in [4.78, 5) is 11.3. The maximum absolute atomic E-state index is 11.3. The number of hydrogen-bond acceptors (Lipinski definition) is 2. The molecule has 1 rings (SSSR count). The highest BCUT2D eigenvalue weighted by Crippen LogP contribution is 2.11. The molecular weight excluding hydrogens is 212 g/mol. The zero-order chi connectivity index (χ0) is 12.7. The van der Waals surface area contributed by atoms with Crippen LogP contribution in [-0.2, 0) is 11.2 Å². The van der Waals surface area contributed by atoms with Gasteiger partial charge in [0.2, 0.25) is 0 Å². The smallest absolute Gasteiger partial charge is 0.159 e. The zero-order valence-corrected chi connectivity index (χ0v) is 11.1. The van der Waals surface area contributed by atoms with Crippen molar-refractivity contribution in [2.45, 2.75) is 40.0 Å². The van der Waals surface area contributed by atoms with Crippen molar-refractivity contribution in [2.75, 3.05) is 13.2 Å². The summed E-state index contributed by atoms with van der Waals surface area (Å²) < 4.78 is 5.53. The molecule has 94 valence electrons. The van der Waals surface area contributed by atoms with Gasteiger partial charge < -0.3 is 4.74 Å². The molecule has 0 aromatic heterocycles. The van der Waals surface area contributed by atoms with Gasteiger partial charge in [0, 0.05) is 12.2 Å². The molecule has 2 heteroatoms. The minimum Gasteiger partial charge on any atom is -0.381 e. The lowest BCUT2D eigenvalue weighted by Crippen LogP contribution is -2.02. The van der Waals surface area contributed by atoms with Gasteiger partial charge in [-0.2, -0.15) is 0 Å². The van der Waals surface area contributed by atoms with Crippen LogP contribution in [0.1, 0.15) is 48.2 Å². The summed E-state index contributed by atoms with van der Waals surface area (Å²) in [5.74, 6) is 0.127. The third kappa shape index (κ3) is 5.14. The van der Waals surface area contributed by atoms with Crippen LogP contribution in [-0.4, -0.2) is 19.0 Å². The summed E-state index contributed by atoms with van der Waals surface area (Å²) in [6, 6.07) is 6.03. The number of rotatable bonds is 7. The number of Topliss-reactive ketones (excluding diaryl/α,β-unsaturated/α-hetero) is 1. The highest BCUT2D eigenvalue weighted by molar-refractivity contribution is 5.94. The summed E-state index contributed by atoms with van der Waals surface area (Å²) in [6.45, 7) is 7.36. The third-order valence-corrected chi connectivity index (χ3v) is 2.72. The maximum atomic E-state index is 11.3. The van der Waals surface area contributed by atoms with Crippen molar-refractivity contribution in [2.24, 2.45) is 0 Å². The van der Waals surface area contributed by atoms with Crippen molar-refractivity contribution in [3.8, 4) is 0 Å². The Balaban J connectivity index is 2.50. The average molecular weight is 234 g/mol. The molecular formula is C15H22O2. The molecule has 2 nitrogen and oxygen atoms in total. The van der Waals surface area contributed by atoms with Crippen molar-refractivity contribution in [1.82, 2.24) is 0 Å². The molecule has 1 aromatic rings. The van der Waals surface area contributed by atoms with Gasteiger partial charge in [0.15, 0.2) is 5.78 Å². The Hall–Kier alpha value is -1.15. The van der Waals surface area contributed by atoms with Crippen LogP contribution in [0.25, 0.3) is 0 Å².